The van der Waals surface area contributed by atoms with Crippen LogP contribution >= 0.6 is 0 Å². The van der Waals surface area contributed by atoms with Crippen molar-refractivity contribution in [3.05, 3.63) is 0 Å². The maximum absolute atomic E-state index is 9.16. The Morgan fingerprint density at radius 3 is 2.00 bits per heavy atom. The minimum Gasteiger partial charge on any atom is -0.396 e. The Balaban J connectivity index is 3.54. The molecule has 0 aromatic heterocycles. The quantitative estimate of drug-likeness (QED) is 0.398. The predicted molar refractivity (Wildman–Crippen MR) is 60.8 cm³/mol. The van der Waals surface area contributed by atoms with Gasteiger partial charge in [0.05, 0.1) is 18.8 Å². The summed E-state index contributed by atoms with van der Waals surface area (Å²) in [5.74, 6) is 0. The van der Waals surface area contributed by atoms with Crippen LogP contribution < -0.4 is 5.32 Å². The third-order valence-corrected chi connectivity index (χ3v) is 2.87. The van der Waals surface area contributed by atoms with Crippen molar-refractivity contribution in [1.29, 1.82) is 0 Å². The van der Waals surface area contributed by atoms with Gasteiger partial charge in [-0.1, -0.05) is 19.8 Å². The van der Waals surface area contributed by atoms with Crippen LogP contribution in [-0.4, -0.2) is 47.2 Å². The van der Waals surface area contributed by atoms with E-state index < -0.39 is 5.54 Å². The van der Waals surface area contributed by atoms with Crippen LogP contribution in [0, 0.1) is 0 Å². The molecule has 0 heterocycles. The van der Waals surface area contributed by atoms with E-state index in [-0.39, 0.29) is 19.8 Å². The van der Waals surface area contributed by atoms with E-state index in [9.17, 15) is 0 Å². The van der Waals surface area contributed by atoms with Gasteiger partial charge in [-0.2, -0.15) is 0 Å². The van der Waals surface area contributed by atoms with E-state index in [1.54, 1.807) is 0 Å². The van der Waals surface area contributed by atoms with Crippen LogP contribution in [0.2, 0.25) is 0 Å². The minimum atomic E-state index is -0.517. The molecule has 0 fully saturated rings. The Morgan fingerprint density at radius 1 is 0.933 bits per heavy atom. The largest absolute Gasteiger partial charge is 0.396 e. The van der Waals surface area contributed by atoms with Crippen molar-refractivity contribution in [3.8, 4) is 0 Å². The molecule has 0 saturated heterocycles. The predicted octanol–water partition coefficient (Wildman–Crippen LogP) is 0.262. The fourth-order valence-corrected chi connectivity index (χ4v) is 1.45. The molecule has 0 amide bonds. The van der Waals surface area contributed by atoms with Gasteiger partial charge >= 0.3 is 0 Å². The Hall–Kier alpha value is -0.160. The zero-order chi connectivity index (χ0) is 11.6. The van der Waals surface area contributed by atoms with Crippen molar-refractivity contribution < 1.29 is 15.3 Å². The minimum absolute atomic E-state index is 0.0311. The molecule has 0 aromatic rings. The second-order valence-corrected chi connectivity index (χ2v) is 4.01. The van der Waals surface area contributed by atoms with Crippen molar-refractivity contribution >= 4 is 0 Å². The zero-order valence-electron chi connectivity index (χ0n) is 9.71. The highest BCUT2D eigenvalue weighted by molar-refractivity contribution is 4.84. The zero-order valence-corrected chi connectivity index (χ0v) is 9.71. The molecule has 0 aliphatic heterocycles. The van der Waals surface area contributed by atoms with Gasteiger partial charge in [0.2, 0.25) is 0 Å². The van der Waals surface area contributed by atoms with Crippen molar-refractivity contribution in [2.75, 3.05) is 26.4 Å². The SMILES string of the molecule is CCC(CO)(CO)NCCCCCCO. The number of unbranched alkanes of at least 4 members (excludes halogenated alkanes) is 3. The molecule has 0 unspecified atom stereocenters. The smallest absolute Gasteiger partial charge is 0.0645 e. The molecular formula is C11H25NO3. The van der Waals surface area contributed by atoms with E-state index in [2.05, 4.69) is 5.32 Å². The molecule has 0 rings (SSSR count). The lowest BCUT2D eigenvalue weighted by molar-refractivity contribution is 0.0876. The van der Waals surface area contributed by atoms with Gasteiger partial charge in [-0.25, -0.2) is 0 Å². The van der Waals surface area contributed by atoms with E-state index >= 15 is 0 Å². The molecule has 0 atom stereocenters. The third-order valence-electron chi connectivity index (χ3n) is 2.87. The number of nitrogens with one attached hydrogen (secondary N) is 1. The fourth-order valence-electron chi connectivity index (χ4n) is 1.45. The van der Waals surface area contributed by atoms with Gasteiger partial charge in [-0.15, -0.1) is 0 Å². The highest BCUT2D eigenvalue weighted by atomic mass is 16.3. The molecule has 0 spiro atoms. The first-order chi connectivity index (χ1) is 7.24. The van der Waals surface area contributed by atoms with Crippen LogP contribution in [0.1, 0.15) is 39.0 Å². The summed E-state index contributed by atoms with van der Waals surface area (Å²) in [7, 11) is 0. The highest BCUT2D eigenvalue weighted by Gasteiger charge is 2.24. The van der Waals surface area contributed by atoms with Gasteiger partial charge in [0, 0.05) is 6.61 Å². The monoisotopic (exact) mass is 219 g/mol. The van der Waals surface area contributed by atoms with Crippen LogP contribution in [0.5, 0.6) is 0 Å². The summed E-state index contributed by atoms with van der Waals surface area (Å²) >= 11 is 0. The molecule has 0 aliphatic rings. The first-order valence-corrected chi connectivity index (χ1v) is 5.82. The maximum atomic E-state index is 9.16. The number of hydrogen-bond acceptors (Lipinski definition) is 4. The Kier molecular flexibility index (Phi) is 9.00. The summed E-state index contributed by atoms with van der Waals surface area (Å²) < 4.78 is 0. The van der Waals surface area contributed by atoms with Gasteiger partial charge in [0.15, 0.2) is 0 Å². The molecule has 15 heavy (non-hydrogen) atoms. The third kappa shape index (κ3) is 6.10. The summed E-state index contributed by atoms with van der Waals surface area (Å²) in [5, 5.41) is 30.1. The molecule has 92 valence electrons. The van der Waals surface area contributed by atoms with Gasteiger partial charge < -0.3 is 20.6 Å². The van der Waals surface area contributed by atoms with Crippen molar-refractivity contribution in [2.45, 2.75) is 44.6 Å². The Morgan fingerprint density at radius 2 is 1.53 bits per heavy atom. The lowest BCUT2D eigenvalue weighted by Crippen LogP contribution is -2.51. The van der Waals surface area contributed by atoms with Crippen LogP contribution in [0.15, 0.2) is 0 Å². The van der Waals surface area contributed by atoms with Gasteiger partial charge in [0.1, 0.15) is 0 Å². The van der Waals surface area contributed by atoms with Crippen LogP contribution in [0.3, 0.4) is 0 Å². The number of aliphatic hydroxyl groups is 3. The van der Waals surface area contributed by atoms with Crippen LogP contribution in [0.25, 0.3) is 0 Å². The summed E-state index contributed by atoms with van der Waals surface area (Å²) in [4.78, 5) is 0. The highest BCUT2D eigenvalue weighted by Crippen LogP contribution is 2.08. The van der Waals surface area contributed by atoms with E-state index in [0.29, 0.717) is 0 Å². The average Bonchev–Trinajstić information content (AvgIpc) is 2.29. The van der Waals surface area contributed by atoms with E-state index in [0.717, 1.165) is 38.6 Å². The number of aliphatic hydroxyl groups excluding tert-OH is 3. The standard InChI is InChI=1S/C11H25NO3/c1-2-11(9-14,10-15)12-7-5-3-4-6-8-13/h12-15H,2-10H2,1H3. The molecule has 0 aliphatic carbocycles. The molecule has 0 saturated carbocycles. The normalized spacial score (nSPS) is 12.0. The molecule has 0 radical (unpaired) electrons. The molecule has 4 N–H and O–H groups in total. The topological polar surface area (TPSA) is 72.7 Å². The summed E-state index contributed by atoms with van der Waals surface area (Å²) in [6, 6.07) is 0. The summed E-state index contributed by atoms with van der Waals surface area (Å²) in [5.41, 5.74) is -0.517. The Bertz CT molecular complexity index is 130. The second kappa shape index (κ2) is 9.09. The average molecular weight is 219 g/mol. The van der Waals surface area contributed by atoms with Crippen molar-refractivity contribution in [3.63, 3.8) is 0 Å². The number of rotatable bonds is 10. The van der Waals surface area contributed by atoms with Crippen LogP contribution in [-0.2, 0) is 0 Å². The lowest BCUT2D eigenvalue weighted by atomic mass is 9.98. The lowest BCUT2D eigenvalue weighted by Gasteiger charge is -2.29. The molecule has 4 heteroatoms. The maximum Gasteiger partial charge on any atom is 0.0645 e. The van der Waals surface area contributed by atoms with Gasteiger partial charge in [-0.05, 0) is 25.8 Å². The number of hydrogen-bond donors (Lipinski definition) is 4. The first-order valence-electron chi connectivity index (χ1n) is 5.82. The van der Waals surface area contributed by atoms with Crippen LogP contribution in [0.4, 0.5) is 0 Å². The molecule has 0 bridgehead atoms. The van der Waals surface area contributed by atoms with E-state index in [1.807, 2.05) is 6.92 Å². The van der Waals surface area contributed by atoms with Crippen molar-refractivity contribution in [2.24, 2.45) is 0 Å². The fraction of sp³-hybridized carbons (Fsp3) is 1.00. The summed E-state index contributed by atoms with van der Waals surface area (Å²) in [6.45, 7) is 2.96. The van der Waals surface area contributed by atoms with Gasteiger partial charge in [-0.3, -0.25) is 0 Å². The molecule has 0 aromatic carbocycles. The Labute approximate surface area is 92.3 Å². The summed E-state index contributed by atoms with van der Waals surface area (Å²) in [6.07, 6.45) is 4.71. The molecule has 4 nitrogen and oxygen atoms in total. The first kappa shape index (κ1) is 14.8. The second-order valence-electron chi connectivity index (χ2n) is 4.01. The molecular weight excluding hydrogens is 194 g/mol. The van der Waals surface area contributed by atoms with Crippen molar-refractivity contribution in [1.82, 2.24) is 5.32 Å². The van der Waals surface area contributed by atoms with E-state index in [1.165, 1.54) is 0 Å². The van der Waals surface area contributed by atoms with Gasteiger partial charge in [0.25, 0.3) is 0 Å². The van der Waals surface area contributed by atoms with E-state index in [4.69, 9.17) is 15.3 Å².